The van der Waals surface area contributed by atoms with Gasteiger partial charge in [0.05, 0.1) is 22.7 Å². The molecule has 2 aromatic carbocycles. The highest BCUT2D eigenvalue weighted by Gasteiger charge is 2.48. The molecule has 2 aliphatic rings. The molecule has 1 spiro atoms. The average molecular weight is 552 g/mol. The maximum atomic E-state index is 14.5. The Labute approximate surface area is 219 Å². The van der Waals surface area contributed by atoms with E-state index >= 15 is 0 Å². The highest BCUT2D eigenvalue weighted by atomic mass is 35.5. The lowest BCUT2D eigenvalue weighted by atomic mass is 9.90. The molecule has 2 saturated heterocycles. The molecule has 0 aliphatic carbocycles. The van der Waals surface area contributed by atoms with Crippen LogP contribution in [0.1, 0.15) is 40.1 Å². The molecule has 0 bridgehead atoms. The zero-order chi connectivity index (χ0) is 27.2. The van der Waals surface area contributed by atoms with Crippen LogP contribution in [0.3, 0.4) is 0 Å². The average Bonchev–Trinajstić information content (AvgIpc) is 3.38. The molecule has 5 rings (SSSR count). The number of benzene rings is 2. The first-order valence-corrected chi connectivity index (χ1v) is 12.2. The summed E-state index contributed by atoms with van der Waals surface area (Å²) in [5.41, 5.74) is -0.928. The van der Waals surface area contributed by atoms with Crippen LogP contribution in [0, 0.1) is 12.7 Å². The molecule has 0 atom stereocenters. The van der Waals surface area contributed by atoms with Crippen molar-refractivity contribution in [1.82, 2.24) is 15.0 Å². The van der Waals surface area contributed by atoms with E-state index in [0.29, 0.717) is 18.4 Å². The Morgan fingerprint density at radius 3 is 2.45 bits per heavy atom. The molecule has 2 aliphatic heterocycles. The van der Waals surface area contributed by atoms with Gasteiger partial charge in [-0.25, -0.2) is 9.18 Å². The van der Waals surface area contributed by atoms with Crippen LogP contribution in [0.25, 0.3) is 11.3 Å². The molecule has 0 saturated carbocycles. The van der Waals surface area contributed by atoms with E-state index in [1.807, 2.05) is 0 Å². The first kappa shape index (κ1) is 26.0. The number of hydrogen-bond acceptors (Lipinski definition) is 5. The van der Waals surface area contributed by atoms with Crippen LogP contribution >= 0.6 is 11.6 Å². The Morgan fingerprint density at radius 1 is 1.13 bits per heavy atom. The fraction of sp³-hybridized carbons (Fsp3) is 0.346. The molecule has 1 aromatic heterocycles. The van der Waals surface area contributed by atoms with Gasteiger partial charge in [-0.1, -0.05) is 35.0 Å². The number of rotatable bonds is 4. The van der Waals surface area contributed by atoms with Gasteiger partial charge in [0.15, 0.2) is 0 Å². The normalized spacial score (nSPS) is 17.3. The quantitative estimate of drug-likeness (QED) is 0.367. The van der Waals surface area contributed by atoms with E-state index in [1.54, 1.807) is 11.8 Å². The summed E-state index contributed by atoms with van der Waals surface area (Å²) in [7, 11) is 0. The van der Waals surface area contributed by atoms with Crippen molar-refractivity contribution in [2.45, 2.75) is 38.1 Å². The Morgan fingerprint density at radius 2 is 1.82 bits per heavy atom. The second-order valence-electron chi connectivity index (χ2n) is 9.45. The van der Waals surface area contributed by atoms with Gasteiger partial charge >= 0.3 is 12.3 Å². The van der Waals surface area contributed by atoms with Crippen LogP contribution < -0.4 is 0 Å². The lowest BCUT2D eigenvalue weighted by Crippen LogP contribution is -2.48. The number of alkyl halides is 3. The molecular weight excluding hydrogens is 530 g/mol. The van der Waals surface area contributed by atoms with Gasteiger partial charge in [-0.15, -0.1) is 0 Å². The molecule has 200 valence electrons. The molecule has 2 amide bonds. The minimum absolute atomic E-state index is 0.0193. The Hall–Kier alpha value is -3.60. The number of halogens is 5. The summed E-state index contributed by atoms with van der Waals surface area (Å²) in [4.78, 5) is 29.0. The lowest BCUT2D eigenvalue weighted by Gasteiger charge is -2.37. The predicted octanol–water partition coefficient (Wildman–Crippen LogP) is 6.09. The largest absolute Gasteiger partial charge is 0.441 e. The molecular formula is C26H22ClF4N3O4. The van der Waals surface area contributed by atoms with Gasteiger partial charge in [-0.05, 0) is 36.8 Å². The number of aryl methyl sites for hydroxylation is 1. The van der Waals surface area contributed by atoms with Crippen LogP contribution in [-0.2, 0) is 17.5 Å². The van der Waals surface area contributed by atoms with Crippen molar-refractivity contribution in [3.8, 4) is 11.3 Å². The lowest BCUT2D eigenvalue weighted by molar-refractivity contribution is -0.137. The maximum Gasteiger partial charge on any atom is 0.416 e. The minimum atomic E-state index is -4.44. The summed E-state index contributed by atoms with van der Waals surface area (Å²) in [6.45, 7) is 2.43. The zero-order valence-corrected chi connectivity index (χ0v) is 20.9. The van der Waals surface area contributed by atoms with Crippen molar-refractivity contribution in [1.29, 1.82) is 0 Å². The van der Waals surface area contributed by atoms with Gasteiger partial charge in [0.1, 0.15) is 28.4 Å². The maximum absolute atomic E-state index is 14.5. The Balaban J connectivity index is 1.26. The number of aromatic nitrogens is 1. The van der Waals surface area contributed by atoms with Crippen molar-refractivity contribution < 1.29 is 36.4 Å². The highest BCUT2D eigenvalue weighted by Crippen LogP contribution is 2.37. The smallest absolute Gasteiger partial charge is 0.416 e. The van der Waals surface area contributed by atoms with E-state index in [9.17, 15) is 27.2 Å². The van der Waals surface area contributed by atoms with E-state index in [4.69, 9.17) is 20.9 Å². The molecule has 3 aromatic rings. The van der Waals surface area contributed by atoms with Crippen molar-refractivity contribution in [3.63, 3.8) is 0 Å². The number of carbonyl (C=O) groups excluding carboxylic acids is 2. The number of piperidine rings is 1. The van der Waals surface area contributed by atoms with Crippen molar-refractivity contribution in [3.05, 3.63) is 75.8 Å². The number of ether oxygens (including phenoxy) is 1. The summed E-state index contributed by atoms with van der Waals surface area (Å²) in [5, 5.41) is 3.98. The van der Waals surface area contributed by atoms with Gasteiger partial charge in [-0.2, -0.15) is 13.2 Å². The summed E-state index contributed by atoms with van der Waals surface area (Å²) in [6, 6.07) is 8.79. The number of amides is 2. The topological polar surface area (TPSA) is 75.9 Å². The first-order valence-electron chi connectivity index (χ1n) is 11.8. The zero-order valence-electron chi connectivity index (χ0n) is 20.1. The first-order chi connectivity index (χ1) is 18.0. The van der Waals surface area contributed by atoms with Gasteiger partial charge in [0.2, 0.25) is 0 Å². The summed E-state index contributed by atoms with van der Waals surface area (Å²) >= 11 is 6.18. The van der Waals surface area contributed by atoms with Gasteiger partial charge < -0.3 is 14.2 Å². The Bertz CT molecular complexity index is 1360. The summed E-state index contributed by atoms with van der Waals surface area (Å²) in [5.74, 6) is -0.818. The molecule has 38 heavy (non-hydrogen) atoms. The van der Waals surface area contributed by atoms with Crippen molar-refractivity contribution in [2.24, 2.45) is 0 Å². The molecule has 2 fully saturated rings. The molecule has 0 unspecified atom stereocenters. The van der Waals surface area contributed by atoms with E-state index in [0.717, 1.165) is 12.1 Å². The summed E-state index contributed by atoms with van der Waals surface area (Å²) in [6.07, 6.45) is -4.29. The van der Waals surface area contributed by atoms with Crippen LogP contribution in [0.4, 0.5) is 22.4 Å². The minimum Gasteiger partial charge on any atom is -0.441 e. The third-order valence-corrected chi connectivity index (χ3v) is 7.25. The van der Waals surface area contributed by atoms with E-state index in [1.165, 1.54) is 35.2 Å². The molecule has 0 N–H and O–H groups in total. The number of nitrogens with zero attached hydrogens (tertiary/aromatic N) is 3. The van der Waals surface area contributed by atoms with Gasteiger partial charge in [0, 0.05) is 32.5 Å². The monoisotopic (exact) mass is 551 g/mol. The third-order valence-electron chi connectivity index (χ3n) is 6.93. The third kappa shape index (κ3) is 4.82. The Kier molecular flexibility index (Phi) is 6.58. The predicted molar refractivity (Wildman–Crippen MR) is 128 cm³/mol. The van der Waals surface area contributed by atoms with Gasteiger partial charge in [0.25, 0.3) is 5.91 Å². The standard InChI is InChI=1S/C26H22ClF4N3O4/c1-15-20(22(32-38-15)21-18(27)3-2-4-19(21)28)23(35)33-11-9-25(10-12-33)14-34(24(36)37-25)13-16-5-7-17(8-6-16)26(29,30)31/h2-8H,9-14H2,1H3. The number of carbonyl (C=O) groups is 2. The number of hydrogen-bond donors (Lipinski definition) is 0. The van der Waals surface area contributed by atoms with E-state index in [-0.39, 0.29) is 53.8 Å². The van der Waals surface area contributed by atoms with Crippen molar-refractivity contribution in [2.75, 3.05) is 19.6 Å². The fourth-order valence-corrected chi connectivity index (χ4v) is 5.14. The second-order valence-corrected chi connectivity index (χ2v) is 9.86. The molecule has 3 heterocycles. The molecule has 12 heteroatoms. The van der Waals surface area contributed by atoms with Crippen LogP contribution in [0.5, 0.6) is 0 Å². The van der Waals surface area contributed by atoms with Gasteiger partial charge in [-0.3, -0.25) is 9.69 Å². The summed E-state index contributed by atoms with van der Waals surface area (Å²) < 4.78 is 63.9. The van der Waals surface area contributed by atoms with Crippen molar-refractivity contribution >= 4 is 23.6 Å². The second kappa shape index (κ2) is 9.61. The molecule has 7 nitrogen and oxygen atoms in total. The van der Waals surface area contributed by atoms with Crippen LogP contribution in [0.15, 0.2) is 47.0 Å². The highest BCUT2D eigenvalue weighted by molar-refractivity contribution is 6.33. The van der Waals surface area contributed by atoms with Crippen LogP contribution in [-0.4, -0.2) is 52.2 Å². The van der Waals surface area contributed by atoms with E-state index in [2.05, 4.69) is 5.16 Å². The van der Waals surface area contributed by atoms with E-state index < -0.39 is 35.2 Å². The number of likely N-dealkylation sites (tertiary alicyclic amines) is 1. The molecule has 0 radical (unpaired) electrons. The fourth-order valence-electron chi connectivity index (χ4n) is 4.89. The van der Waals surface area contributed by atoms with Crippen LogP contribution in [0.2, 0.25) is 5.02 Å². The SMILES string of the molecule is Cc1onc(-c2c(F)cccc2Cl)c1C(=O)N1CCC2(CC1)CN(Cc1ccc(C(F)(F)F)cc1)C(=O)O2.